The number of hydrogen-bond donors (Lipinski definition) is 1. The van der Waals surface area contributed by atoms with E-state index in [9.17, 15) is 9.59 Å². The van der Waals surface area contributed by atoms with E-state index in [2.05, 4.69) is 17.2 Å². The van der Waals surface area contributed by atoms with Crippen LogP contribution in [0.25, 0.3) is 6.08 Å². The molecule has 140 valence electrons. The highest BCUT2D eigenvalue weighted by Gasteiger charge is 2.24. The van der Waals surface area contributed by atoms with Crippen LogP contribution in [-0.4, -0.2) is 29.3 Å². The molecule has 1 saturated heterocycles. The Hall–Kier alpha value is -2.80. The smallest absolute Gasteiger partial charge is 0.290 e. The molecule has 3 rings (SSSR count). The lowest BCUT2D eigenvalue weighted by molar-refractivity contribution is -0.115. The quantitative estimate of drug-likeness (QED) is 0.697. The molecule has 1 aliphatic rings. The average Bonchev–Trinajstić information content (AvgIpc) is 2.99. The van der Waals surface area contributed by atoms with Gasteiger partial charge in [-0.05, 0) is 48.0 Å². The van der Waals surface area contributed by atoms with Crippen LogP contribution in [0.1, 0.15) is 24.6 Å². The minimum atomic E-state index is -0.358. The molecule has 2 aromatic rings. The highest BCUT2D eigenvalue weighted by Crippen LogP contribution is 2.26. The monoisotopic (exact) mass is 384 g/mol. The van der Waals surface area contributed by atoms with Crippen molar-refractivity contribution in [2.45, 2.75) is 19.8 Å². The minimum absolute atomic E-state index is 0.344. The number of pyridine rings is 1. The number of ether oxygens (including phenoxy) is 2. The maximum atomic E-state index is 11.6. The van der Waals surface area contributed by atoms with E-state index < -0.39 is 0 Å². The van der Waals surface area contributed by atoms with Gasteiger partial charge in [0.2, 0.25) is 5.88 Å². The van der Waals surface area contributed by atoms with Gasteiger partial charge < -0.3 is 9.47 Å². The van der Waals surface area contributed by atoms with E-state index in [0.717, 1.165) is 35.2 Å². The van der Waals surface area contributed by atoms with Crippen molar-refractivity contribution in [1.29, 1.82) is 0 Å². The van der Waals surface area contributed by atoms with Crippen LogP contribution in [0, 0.1) is 0 Å². The fourth-order valence-corrected chi connectivity index (χ4v) is 3.07. The molecule has 2 amide bonds. The number of nitrogens with one attached hydrogen (secondary N) is 1. The predicted molar refractivity (Wildman–Crippen MR) is 105 cm³/mol. The van der Waals surface area contributed by atoms with Crippen LogP contribution in [0.2, 0.25) is 0 Å². The van der Waals surface area contributed by atoms with Crippen molar-refractivity contribution in [1.82, 2.24) is 10.3 Å². The third-order valence-corrected chi connectivity index (χ3v) is 4.49. The Morgan fingerprint density at radius 2 is 1.89 bits per heavy atom. The zero-order chi connectivity index (χ0) is 19.1. The van der Waals surface area contributed by atoms with E-state index in [1.54, 1.807) is 6.08 Å². The number of imide groups is 1. The summed E-state index contributed by atoms with van der Waals surface area (Å²) < 4.78 is 11.3. The SMILES string of the molecule is CCCOc1cccc(CCOc2ccc(C=C3SC(=O)NC3=O)cc2)n1. The number of hydrogen-bond acceptors (Lipinski definition) is 6. The van der Waals surface area contributed by atoms with Crippen LogP contribution in [0.3, 0.4) is 0 Å². The molecule has 1 aromatic heterocycles. The number of benzene rings is 1. The van der Waals surface area contributed by atoms with Gasteiger partial charge >= 0.3 is 0 Å². The van der Waals surface area contributed by atoms with E-state index in [-0.39, 0.29) is 11.1 Å². The number of carbonyl (C=O) groups is 2. The molecule has 1 aromatic carbocycles. The Morgan fingerprint density at radius 3 is 2.59 bits per heavy atom. The van der Waals surface area contributed by atoms with Gasteiger partial charge in [-0.3, -0.25) is 14.9 Å². The summed E-state index contributed by atoms with van der Waals surface area (Å²) in [4.78, 5) is 27.6. The first-order valence-electron chi connectivity index (χ1n) is 8.70. The summed E-state index contributed by atoms with van der Waals surface area (Å²) in [6.45, 7) is 3.21. The van der Waals surface area contributed by atoms with Crippen molar-refractivity contribution in [2.75, 3.05) is 13.2 Å². The van der Waals surface area contributed by atoms with Crippen LogP contribution >= 0.6 is 11.8 Å². The molecule has 0 saturated carbocycles. The van der Waals surface area contributed by atoms with E-state index in [1.807, 2.05) is 42.5 Å². The molecule has 1 aliphatic heterocycles. The molecule has 0 spiro atoms. The van der Waals surface area contributed by atoms with Crippen LogP contribution < -0.4 is 14.8 Å². The van der Waals surface area contributed by atoms with Crippen LogP contribution in [-0.2, 0) is 11.2 Å². The largest absolute Gasteiger partial charge is 0.493 e. The summed E-state index contributed by atoms with van der Waals surface area (Å²) in [7, 11) is 0. The van der Waals surface area contributed by atoms with Crippen molar-refractivity contribution in [3.8, 4) is 11.6 Å². The van der Waals surface area contributed by atoms with Gasteiger partial charge in [0.15, 0.2) is 0 Å². The Kier molecular flexibility index (Phi) is 6.49. The summed E-state index contributed by atoms with van der Waals surface area (Å²) in [6, 6.07) is 13.1. The molecule has 0 aliphatic carbocycles. The second-order valence-corrected chi connectivity index (χ2v) is 6.85. The summed E-state index contributed by atoms with van der Waals surface area (Å²) in [6.07, 6.45) is 3.30. The second-order valence-electron chi connectivity index (χ2n) is 5.84. The minimum Gasteiger partial charge on any atom is -0.493 e. The lowest BCUT2D eigenvalue weighted by Crippen LogP contribution is -2.17. The zero-order valence-electron chi connectivity index (χ0n) is 14.9. The van der Waals surface area contributed by atoms with Crippen molar-refractivity contribution < 1.29 is 19.1 Å². The molecule has 1 N–H and O–H groups in total. The Bertz CT molecular complexity index is 849. The maximum absolute atomic E-state index is 11.6. The van der Waals surface area contributed by atoms with Crippen LogP contribution in [0.15, 0.2) is 47.4 Å². The number of aromatic nitrogens is 1. The summed E-state index contributed by atoms with van der Waals surface area (Å²) in [5.41, 5.74) is 1.75. The fourth-order valence-electron chi connectivity index (χ4n) is 2.39. The second kappa shape index (κ2) is 9.23. The first kappa shape index (κ1) is 19.0. The summed E-state index contributed by atoms with van der Waals surface area (Å²) in [5, 5.41) is 1.89. The molecule has 0 atom stereocenters. The average molecular weight is 384 g/mol. The Labute approximate surface area is 162 Å². The summed E-state index contributed by atoms with van der Waals surface area (Å²) in [5.74, 6) is 1.01. The maximum Gasteiger partial charge on any atom is 0.290 e. The van der Waals surface area contributed by atoms with Crippen LogP contribution in [0.5, 0.6) is 11.6 Å². The lowest BCUT2D eigenvalue weighted by atomic mass is 10.2. The van der Waals surface area contributed by atoms with Gasteiger partial charge in [0.1, 0.15) is 5.75 Å². The van der Waals surface area contributed by atoms with Crippen molar-refractivity contribution in [3.63, 3.8) is 0 Å². The van der Waals surface area contributed by atoms with Crippen molar-refractivity contribution >= 4 is 29.0 Å². The standard InChI is InChI=1S/C20H20N2O4S/c1-2-11-26-18-5-3-4-15(21-18)10-12-25-16-8-6-14(7-9-16)13-17-19(23)22-20(24)27-17/h3-9,13H,2,10-12H2,1H3,(H,22,23,24). The molecule has 6 nitrogen and oxygen atoms in total. The molecule has 27 heavy (non-hydrogen) atoms. The van der Waals surface area contributed by atoms with Gasteiger partial charge in [-0.2, -0.15) is 0 Å². The van der Waals surface area contributed by atoms with Gasteiger partial charge in [0.05, 0.1) is 18.1 Å². The molecule has 0 bridgehead atoms. The van der Waals surface area contributed by atoms with Gasteiger partial charge in [-0.15, -0.1) is 0 Å². The lowest BCUT2D eigenvalue weighted by Gasteiger charge is -2.08. The predicted octanol–water partition coefficient (Wildman–Crippen LogP) is 3.82. The molecule has 7 heteroatoms. The number of thioether (sulfide) groups is 1. The van der Waals surface area contributed by atoms with Gasteiger partial charge in [0.25, 0.3) is 11.1 Å². The third kappa shape index (κ3) is 5.59. The zero-order valence-corrected chi connectivity index (χ0v) is 15.8. The van der Waals surface area contributed by atoms with Gasteiger partial charge in [-0.1, -0.05) is 25.1 Å². The van der Waals surface area contributed by atoms with E-state index in [1.165, 1.54) is 0 Å². The summed E-state index contributed by atoms with van der Waals surface area (Å²) >= 11 is 0.903. The number of carbonyl (C=O) groups excluding carboxylic acids is 2. The third-order valence-electron chi connectivity index (χ3n) is 3.68. The van der Waals surface area contributed by atoms with Gasteiger partial charge in [-0.25, -0.2) is 4.98 Å². The Morgan fingerprint density at radius 1 is 1.07 bits per heavy atom. The normalized spacial score (nSPS) is 15.1. The van der Waals surface area contributed by atoms with E-state index >= 15 is 0 Å². The molecule has 0 radical (unpaired) electrons. The fraction of sp³-hybridized carbons (Fsp3) is 0.250. The highest BCUT2D eigenvalue weighted by atomic mass is 32.2. The highest BCUT2D eigenvalue weighted by molar-refractivity contribution is 8.18. The topological polar surface area (TPSA) is 77.5 Å². The van der Waals surface area contributed by atoms with Crippen LogP contribution in [0.4, 0.5) is 4.79 Å². The number of nitrogens with zero attached hydrogens (tertiary/aromatic N) is 1. The van der Waals surface area contributed by atoms with E-state index in [4.69, 9.17) is 9.47 Å². The molecular formula is C20H20N2O4S. The first-order chi connectivity index (χ1) is 13.1. The van der Waals surface area contributed by atoms with Gasteiger partial charge in [0, 0.05) is 18.2 Å². The molecule has 2 heterocycles. The molecular weight excluding hydrogens is 364 g/mol. The number of amides is 2. The Balaban J connectivity index is 1.51. The van der Waals surface area contributed by atoms with E-state index in [0.29, 0.717) is 30.4 Å². The first-order valence-corrected chi connectivity index (χ1v) is 9.52. The number of rotatable bonds is 8. The van der Waals surface area contributed by atoms with Crippen molar-refractivity contribution in [2.24, 2.45) is 0 Å². The van der Waals surface area contributed by atoms with Crippen molar-refractivity contribution in [3.05, 3.63) is 58.6 Å². The molecule has 0 unspecified atom stereocenters. The molecule has 1 fully saturated rings.